The first-order valence-electron chi connectivity index (χ1n) is 7.11. The Labute approximate surface area is 141 Å². The topological polar surface area (TPSA) is 56.3 Å². The van der Waals surface area contributed by atoms with E-state index in [1.54, 1.807) is 0 Å². The van der Waals surface area contributed by atoms with E-state index in [0.717, 1.165) is 17.8 Å². The van der Waals surface area contributed by atoms with Crippen LogP contribution in [0.25, 0.3) is 10.9 Å². The molecule has 0 unspecified atom stereocenters. The summed E-state index contributed by atoms with van der Waals surface area (Å²) in [6.45, 7) is 0. The van der Waals surface area contributed by atoms with E-state index in [-0.39, 0.29) is 32.7 Å². The fraction of sp³-hybridized carbons (Fsp3) is 0.400. The van der Waals surface area contributed by atoms with E-state index >= 15 is 0 Å². The average Bonchev–Trinajstić information content (AvgIpc) is 2.83. The van der Waals surface area contributed by atoms with E-state index in [4.69, 9.17) is 4.74 Å². The minimum Gasteiger partial charge on any atom is -0.497 e. The largest absolute Gasteiger partial charge is 0.497 e. The second kappa shape index (κ2) is 6.11. The Morgan fingerprint density at radius 2 is 2.04 bits per heavy atom. The van der Waals surface area contributed by atoms with Crippen LogP contribution in [-0.2, 0) is 16.0 Å². The van der Waals surface area contributed by atoms with E-state index in [9.17, 15) is 21.6 Å². The molecule has 1 aromatic carbocycles. The van der Waals surface area contributed by atoms with Gasteiger partial charge in [0.1, 0.15) is 5.75 Å². The Bertz CT molecular complexity index is 881. The monoisotopic (exact) mass is 377 g/mol. The summed E-state index contributed by atoms with van der Waals surface area (Å²) in [6.07, 6.45) is -4.10. The van der Waals surface area contributed by atoms with Crippen molar-refractivity contribution in [2.45, 2.75) is 22.9 Å². The summed E-state index contributed by atoms with van der Waals surface area (Å²) >= 11 is 1.08. The molecule has 3 rings (SSSR count). The molecule has 4 nitrogen and oxygen atoms in total. The maximum atomic E-state index is 13.4. The highest BCUT2D eigenvalue weighted by Gasteiger charge is 2.35. The molecule has 0 spiro atoms. The number of ether oxygens (including phenoxy) is 1. The van der Waals surface area contributed by atoms with Crippen molar-refractivity contribution in [2.24, 2.45) is 0 Å². The Kier molecular flexibility index (Phi) is 4.41. The van der Waals surface area contributed by atoms with Crippen molar-refractivity contribution in [1.82, 2.24) is 4.98 Å². The molecule has 1 aliphatic rings. The Morgan fingerprint density at radius 3 is 2.62 bits per heavy atom. The van der Waals surface area contributed by atoms with Crippen LogP contribution in [0.15, 0.2) is 29.3 Å². The van der Waals surface area contributed by atoms with E-state index < -0.39 is 21.6 Å². The van der Waals surface area contributed by atoms with E-state index in [1.807, 2.05) is 0 Å². The molecular weight excluding hydrogens is 363 g/mol. The molecule has 1 atom stereocenters. The number of hydrogen-bond acceptors (Lipinski definition) is 5. The Morgan fingerprint density at radius 1 is 1.29 bits per heavy atom. The first-order chi connectivity index (χ1) is 11.2. The summed E-state index contributed by atoms with van der Waals surface area (Å²) in [4.78, 5) is 4.26. The highest BCUT2D eigenvalue weighted by molar-refractivity contribution is 8.01. The van der Waals surface area contributed by atoms with Crippen molar-refractivity contribution in [1.29, 1.82) is 0 Å². The quantitative estimate of drug-likeness (QED) is 0.819. The molecule has 0 N–H and O–H groups in total. The van der Waals surface area contributed by atoms with E-state index in [1.165, 1.54) is 25.3 Å². The number of alkyl halides is 3. The van der Waals surface area contributed by atoms with Gasteiger partial charge in [0.25, 0.3) is 0 Å². The molecule has 1 fully saturated rings. The third-order valence-electron chi connectivity index (χ3n) is 3.78. The number of nitrogens with zero attached hydrogens (tertiary/aromatic N) is 1. The molecule has 130 valence electrons. The number of pyridine rings is 1. The number of methoxy groups -OCH3 is 1. The summed E-state index contributed by atoms with van der Waals surface area (Å²) < 4.78 is 68.1. The number of thioether (sulfide) groups is 1. The van der Waals surface area contributed by atoms with Crippen LogP contribution in [0.4, 0.5) is 13.2 Å². The third-order valence-corrected chi connectivity index (χ3v) is 6.94. The lowest BCUT2D eigenvalue weighted by Crippen LogP contribution is -2.09. The van der Waals surface area contributed by atoms with Gasteiger partial charge in [-0.1, -0.05) is 0 Å². The highest BCUT2D eigenvalue weighted by atomic mass is 32.2. The maximum Gasteiger partial charge on any atom is 0.417 e. The molecule has 9 heteroatoms. The Balaban J connectivity index is 2.05. The lowest BCUT2D eigenvalue weighted by molar-refractivity contribution is -0.136. The molecule has 2 aromatic rings. The van der Waals surface area contributed by atoms with Gasteiger partial charge in [-0.2, -0.15) is 13.2 Å². The van der Waals surface area contributed by atoms with Gasteiger partial charge in [0.05, 0.1) is 34.7 Å². The fourth-order valence-electron chi connectivity index (χ4n) is 2.63. The van der Waals surface area contributed by atoms with Crippen LogP contribution in [0.3, 0.4) is 0 Å². The molecule has 1 saturated heterocycles. The molecule has 0 aliphatic carbocycles. The summed E-state index contributed by atoms with van der Waals surface area (Å²) in [7, 11) is -1.67. The summed E-state index contributed by atoms with van der Waals surface area (Å²) in [5.74, 6) is 0.448. The smallest absolute Gasteiger partial charge is 0.417 e. The minimum atomic E-state index is -4.52. The average molecular weight is 377 g/mol. The summed E-state index contributed by atoms with van der Waals surface area (Å²) in [5.41, 5.74) is -0.606. The van der Waals surface area contributed by atoms with Crippen LogP contribution in [0, 0.1) is 0 Å². The molecule has 24 heavy (non-hydrogen) atoms. The zero-order valence-corrected chi connectivity index (χ0v) is 14.3. The van der Waals surface area contributed by atoms with Crippen molar-refractivity contribution in [3.63, 3.8) is 0 Å². The first kappa shape index (κ1) is 17.3. The molecule has 1 aliphatic heterocycles. The fourth-order valence-corrected chi connectivity index (χ4v) is 6.13. The lowest BCUT2D eigenvalue weighted by Gasteiger charge is -2.14. The number of fused-ring (bicyclic) bond motifs is 1. The van der Waals surface area contributed by atoms with Crippen molar-refractivity contribution >= 4 is 32.5 Å². The van der Waals surface area contributed by atoms with Gasteiger partial charge in [-0.15, -0.1) is 11.8 Å². The number of sulfone groups is 1. The normalized spacial score (nSPS) is 20.4. The van der Waals surface area contributed by atoms with Crippen molar-refractivity contribution < 1.29 is 26.3 Å². The highest BCUT2D eigenvalue weighted by Crippen LogP contribution is 2.39. The predicted octanol–water partition coefficient (Wildman–Crippen LogP) is 3.54. The number of hydrogen-bond donors (Lipinski definition) is 0. The van der Waals surface area contributed by atoms with Gasteiger partial charge in [0.15, 0.2) is 9.84 Å². The summed E-state index contributed by atoms with van der Waals surface area (Å²) in [6, 6.07) is 5.22. The molecular formula is C15H14F3NO3S2. The van der Waals surface area contributed by atoms with Crippen LogP contribution in [0.2, 0.25) is 0 Å². The van der Waals surface area contributed by atoms with Gasteiger partial charge >= 0.3 is 6.18 Å². The van der Waals surface area contributed by atoms with Crippen LogP contribution < -0.4 is 4.74 Å². The van der Waals surface area contributed by atoms with Gasteiger partial charge in [0, 0.05) is 16.7 Å². The van der Waals surface area contributed by atoms with Crippen LogP contribution in [-0.4, -0.2) is 37.3 Å². The van der Waals surface area contributed by atoms with Crippen molar-refractivity contribution in [2.75, 3.05) is 18.6 Å². The van der Waals surface area contributed by atoms with Crippen molar-refractivity contribution in [3.05, 3.63) is 29.8 Å². The molecule has 0 saturated carbocycles. The third kappa shape index (κ3) is 3.61. The van der Waals surface area contributed by atoms with Gasteiger partial charge in [0.2, 0.25) is 0 Å². The maximum absolute atomic E-state index is 13.4. The molecule has 0 bridgehead atoms. The van der Waals surface area contributed by atoms with E-state index in [0.29, 0.717) is 12.2 Å². The number of halogens is 3. The standard InChI is InChI=1S/C15H14F3NO3S2/c1-22-9-2-3-11-12(15(16,17)18)7-14(19-13(11)6-9)23-10-4-5-24(20,21)8-10/h2-3,6-7,10H,4-5,8H2,1H3/t10-/m1/s1. The van der Waals surface area contributed by atoms with Gasteiger partial charge in [-0.3, -0.25) is 0 Å². The second-order valence-electron chi connectivity index (χ2n) is 5.53. The van der Waals surface area contributed by atoms with Gasteiger partial charge in [-0.25, -0.2) is 13.4 Å². The van der Waals surface area contributed by atoms with Gasteiger partial charge in [-0.05, 0) is 24.6 Å². The first-order valence-corrected chi connectivity index (χ1v) is 9.81. The number of benzene rings is 1. The molecule has 2 heterocycles. The van der Waals surface area contributed by atoms with Gasteiger partial charge < -0.3 is 4.74 Å². The SMILES string of the molecule is COc1ccc2c(C(F)(F)F)cc(S[C@@H]3CCS(=O)(=O)C3)nc2c1. The van der Waals surface area contributed by atoms with Crippen molar-refractivity contribution in [3.8, 4) is 5.75 Å². The number of aromatic nitrogens is 1. The Hall–Kier alpha value is -1.48. The molecule has 1 aromatic heterocycles. The van der Waals surface area contributed by atoms with Crippen LogP contribution in [0.1, 0.15) is 12.0 Å². The minimum absolute atomic E-state index is 0.00769. The zero-order chi connectivity index (χ0) is 17.5. The molecule has 0 radical (unpaired) electrons. The second-order valence-corrected chi connectivity index (χ2v) is 9.08. The molecule has 0 amide bonds. The lowest BCUT2D eigenvalue weighted by atomic mass is 10.1. The van der Waals surface area contributed by atoms with Crippen LogP contribution in [0.5, 0.6) is 5.75 Å². The predicted molar refractivity (Wildman–Crippen MR) is 86.2 cm³/mol. The van der Waals surface area contributed by atoms with E-state index in [2.05, 4.69) is 4.98 Å². The van der Waals surface area contributed by atoms with Crippen LogP contribution >= 0.6 is 11.8 Å². The zero-order valence-electron chi connectivity index (χ0n) is 12.6. The number of rotatable bonds is 3. The summed E-state index contributed by atoms with van der Waals surface area (Å²) in [5, 5.41) is -0.108.